The van der Waals surface area contributed by atoms with E-state index in [2.05, 4.69) is 5.32 Å². The van der Waals surface area contributed by atoms with Gasteiger partial charge in [-0.05, 0) is 36.2 Å². The average molecular weight is 283 g/mol. The van der Waals surface area contributed by atoms with Gasteiger partial charge in [0.2, 0.25) is 0 Å². The average Bonchev–Trinajstić information content (AvgIpc) is 2.49. The molecule has 2 aromatic rings. The molecule has 0 unspecified atom stereocenters. The maximum atomic E-state index is 11.0. The lowest BCUT2D eigenvalue weighted by molar-refractivity contribution is -0.384. The number of nitrogens with zero attached hydrogens (tertiary/aromatic N) is 2. The lowest BCUT2D eigenvalue weighted by Crippen LogP contribution is -2.07. The second-order valence-electron chi connectivity index (χ2n) is 4.44. The predicted octanol–water partition coefficient (Wildman–Crippen LogP) is 2.83. The molecular weight excluding hydrogens is 270 g/mol. The third-order valence-corrected chi connectivity index (χ3v) is 2.99. The van der Waals surface area contributed by atoms with E-state index in [0.717, 1.165) is 5.56 Å². The van der Waals surface area contributed by atoms with Gasteiger partial charge in [-0.3, -0.25) is 10.1 Å². The standard InChI is InChI=1S/C15H13N3O3/c16-10-12-3-6-14(15(9-12)18(20)21)17-8-7-11-1-4-13(19)5-2-11/h1-6,9,17,19H,7-8H2. The lowest BCUT2D eigenvalue weighted by atomic mass is 10.1. The van der Waals surface area contributed by atoms with Crippen molar-refractivity contribution in [1.82, 2.24) is 0 Å². The van der Waals surface area contributed by atoms with E-state index >= 15 is 0 Å². The first-order chi connectivity index (χ1) is 10.1. The first kappa shape index (κ1) is 14.3. The van der Waals surface area contributed by atoms with Gasteiger partial charge in [0.1, 0.15) is 11.4 Å². The zero-order valence-corrected chi connectivity index (χ0v) is 11.1. The Morgan fingerprint density at radius 1 is 1.24 bits per heavy atom. The van der Waals surface area contributed by atoms with Crippen molar-refractivity contribution >= 4 is 11.4 Å². The number of anilines is 1. The molecule has 0 fully saturated rings. The van der Waals surface area contributed by atoms with E-state index in [-0.39, 0.29) is 17.0 Å². The van der Waals surface area contributed by atoms with Gasteiger partial charge < -0.3 is 10.4 Å². The summed E-state index contributed by atoms with van der Waals surface area (Å²) < 4.78 is 0. The van der Waals surface area contributed by atoms with E-state index in [1.54, 1.807) is 24.3 Å². The highest BCUT2D eigenvalue weighted by Crippen LogP contribution is 2.25. The van der Waals surface area contributed by atoms with Crippen LogP contribution in [0, 0.1) is 21.4 Å². The number of phenolic OH excluding ortho intramolecular Hbond substituents is 1. The van der Waals surface area contributed by atoms with Crippen LogP contribution in [-0.4, -0.2) is 16.6 Å². The molecule has 2 N–H and O–H groups in total. The summed E-state index contributed by atoms with van der Waals surface area (Å²) in [6.45, 7) is 0.511. The first-order valence-electron chi connectivity index (χ1n) is 6.30. The quantitative estimate of drug-likeness (QED) is 0.649. The van der Waals surface area contributed by atoms with Crippen molar-refractivity contribution in [1.29, 1.82) is 5.26 Å². The van der Waals surface area contributed by atoms with Crippen molar-refractivity contribution in [2.24, 2.45) is 0 Å². The molecule has 2 aromatic carbocycles. The zero-order valence-electron chi connectivity index (χ0n) is 11.1. The SMILES string of the molecule is N#Cc1ccc(NCCc2ccc(O)cc2)c([N+](=O)[O-])c1. The fourth-order valence-corrected chi connectivity index (χ4v) is 1.91. The minimum atomic E-state index is -0.510. The van der Waals surface area contributed by atoms with Gasteiger partial charge in [-0.15, -0.1) is 0 Å². The molecule has 0 amide bonds. The number of benzene rings is 2. The van der Waals surface area contributed by atoms with Crippen LogP contribution in [0.25, 0.3) is 0 Å². The van der Waals surface area contributed by atoms with Gasteiger partial charge in [0.15, 0.2) is 0 Å². The van der Waals surface area contributed by atoms with E-state index in [1.807, 2.05) is 6.07 Å². The number of nitro benzene ring substituents is 1. The number of hydrogen-bond donors (Lipinski definition) is 2. The van der Waals surface area contributed by atoms with Crippen LogP contribution < -0.4 is 5.32 Å². The van der Waals surface area contributed by atoms with Crippen molar-refractivity contribution in [3.05, 3.63) is 63.7 Å². The minimum absolute atomic E-state index is 0.111. The molecule has 0 aliphatic heterocycles. The molecular formula is C15H13N3O3. The van der Waals surface area contributed by atoms with Crippen LogP contribution in [-0.2, 0) is 6.42 Å². The van der Waals surface area contributed by atoms with E-state index in [1.165, 1.54) is 18.2 Å². The smallest absolute Gasteiger partial charge is 0.293 e. The second kappa shape index (κ2) is 6.39. The Balaban J connectivity index is 2.04. The van der Waals surface area contributed by atoms with Crippen molar-refractivity contribution in [2.75, 3.05) is 11.9 Å². The number of nitro groups is 1. The molecule has 0 spiro atoms. The Morgan fingerprint density at radius 3 is 2.57 bits per heavy atom. The number of aromatic hydroxyl groups is 1. The molecule has 0 atom stereocenters. The lowest BCUT2D eigenvalue weighted by Gasteiger charge is -2.07. The highest BCUT2D eigenvalue weighted by Gasteiger charge is 2.14. The topological polar surface area (TPSA) is 99.2 Å². The summed E-state index contributed by atoms with van der Waals surface area (Å²) in [5.41, 5.74) is 1.54. The molecule has 21 heavy (non-hydrogen) atoms. The summed E-state index contributed by atoms with van der Waals surface area (Å²) in [5, 5.41) is 31.9. The summed E-state index contributed by atoms with van der Waals surface area (Å²) >= 11 is 0. The van der Waals surface area contributed by atoms with Crippen molar-refractivity contribution < 1.29 is 10.0 Å². The third kappa shape index (κ3) is 3.70. The van der Waals surface area contributed by atoms with Crippen LogP contribution in [0.3, 0.4) is 0 Å². The fourth-order valence-electron chi connectivity index (χ4n) is 1.91. The van der Waals surface area contributed by atoms with Crippen LogP contribution in [0.1, 0.15) is 11.1 Å². The molecule has 0 bridgehead atoms. The van der Waals surface area contributed by atoms with E-state index in [4.69, 9.17) is 5.26 Å². The number of nitriles is 1. The van der Waals surface area contributed by atoms with Crippen molar-refractivity contribution in [3.63, 3.8) is 0 Å². The van der Waals surface area contributed by atoms with Gasteiger partial charge in [-0.2, -0.15) is 5.26 Å². The maximum Gasteiger partial charge on any atom is 0.293 e. The van der Waals surface area contributed by atoms with E-state index in [9.17, 15) is 15.2 Å². The molecule has 0 aromatic heterocycles. The molecule has 0 saturated carbocycles. The van der Waals surface area contributed by atoms with Crippen LogP contribution in [0.2, 0.25) is 0 Å². The first-order valence-corrected chi connectivity index (χ1v) is 6.30. The molecule has 6 nitrogen and oxygen atoms in total. The molecule has 6 heteroatoms. The van der Waals surface area contributed by atoms with E-state index < -0.39 is 4.92 Å². The maximum absolute atomic E-state index is 11.0. The molecule has 0 aliphatic rings. The van der Waals surface area contributed by atoms with Gasteiger partial charge in [0, 0.05) is 12.6 Å². The van der Waals surface area contributed by atoms with Gasteiger partial charge >= 0.3 is 0 Å². The Bertz CT molecular complexity index is 690. The zero-order chi connectivity index (χ0) is 15.2. The van der Waals surface area contributed by atoms with E-state index in [0.29, 0.717) is 18.7 Å². The number of hydrogen-bond acceptors (Lipinski definition) is 5. The molecule has 0 aliphatic carbocycles. The highest BCUT2D eigenvalue weighted by atomic mass is 16.6. The molecule has 2 rings (SSSR count). The summed E-state index contributed by atoms with van der Waals surface area (Å²) in [6.07, 6.45) is 0.664. The van der Waals surface area contributed by atoms with Crippen LogP contribution >= 0.6 is 0 Å². The normalized spacial score (nSPS) is 9.86. The molecule has 0 saturated heterocycles. The van der Waals surface area contributed by atoms with Crippen molar-refractivity contribution in [3.8, 4) is 11.8 Å². The van der Waals surface area contributed by atoms with Crippen molar-refractivity contribution in [2.45, 2.75) is 6.42 Å². The van der Waals surface area contributed by atoms with Gasteiger partial charge in [0.05, 0.1) is 16.6 Å². The van der Waals surface area contributed by atoms with Gasteiger partial charge in [-0.1, -0.05) is 12.1 Å². The van der Waals surface area contributed by atoms with Crippen LogP contribution in [0.5, 0.6) is 5.75 Å². The monoisotopic (exact) mass is 283 g/mol. The molecule has 0 heterocycles. The molecule has 106 valence electrons. The Kier molecular flexibility index (Phi) is 4.36. The minimum Gasteiger partial charge on any atom is -0.508 e. The Morgan fingerprint density at radius 2 is 1.95 bits per heavy atom. The summed E-state index contributed by atoms with van der Waals surface area (Å²) in [6, 6.07) is 13.0. The van der Waals surface area contributed by atoms with Gasteiger partial charge in [-0.25, -0.2) is 0 Å². The molecule has 0 radical (unpaired) electrons. The predicted molar refractivity (Wildman–Crippen MR) is 78.1 cm³/mol. The Hall–Kier alpha value is -3.07. The van der Waals surface area contributed by atoms with Gasteiger partial charge in [0.25, 0.3) is 5.69 Å². The summed E-state index contributed by atoms with van der Waals surface area (Å²) in [5.74, 6) is 0.203. The number of phenols is 1. The highest BCUT2D eigenvalue weighted by molar-refractivity contribution is 5.64. The Labute approximate surface area is 121 Å². The second-order valence-corrected chi connectivity index (χ2v) is 4.44. The third-order valence-electron chi connectivity index (χ3n) is 2.99. The number of nitrogens with one attached hydrogen (secondary N) is 1. The summed E-state index contributed by atoms with van der Waals surface area (Å²) in [4.78, 5) is 10.5. The summed E-state index contributed by atoms with van der Waals surface area (Å²) in [7, 11) is 0. The fraction of sp³-hybridized carbons (Fsp3) is 0.133. The van der Waals surface area contributed by atoms with Crippen LogP contribution in [0.4, 0.5) is 11.4 Å². The number of rotatable bonds is 5. The van der Waals surface area contributed by atoms with Crippen LogP contribution in [0.15, 0.2) is 42.5 Å². The largest absolute Gasteiger partial charge is 0.508 e.